The molecule has 2 aromatic rings. The number of alkyl halides is 1. The smallest absolute Gasteiger partial charge is 0.139 e. The topological polar surface area (TPSA) is 9.23 Å². The van der Waals surface area contributed by atoms with Gasteiger partial charge in [0.05, 0.1) is 0 Å². The van der Waals surface area contributed by atoms with Crippen molar-refractivity contribution >= 4 is 9.24 Å². The van der Waals surface area contributed by atoms with Crippen LogP contribution in [-0.2, 0) is 0 Å². The van der Waals surface area contributed by atoms with Gasteiger partial charge >= 0.3 is 0 Å². The standard InChI is InChI=1S/C18H18FOP/c1-3-13-10-11-15(12-16(13)18(19)21)20-17(4-2)14-8-6-5-7-9-14/h1,5-12,17-18H,4,21H2,2H3. The van der Waals surface area contributed by atoms with E-state index in [1.165, 1.54) is 0 Å². The van der Waals surface area contributed by atoms with Gasteiger partial charge in [-0.2, -0.15) is 0 Å². The van der Waals surface area contributed by atoms with Gasteiger partial charge in [0.15, 0.2) is 0 Å². The molecule has 0 aliphatic rings. The van der Waals surface area contributed by atoms with E-state index in [4.69, 9.17) is 11.2 Å². The van der Waals surface area contributed by atoms with Crippen LogP contribution < -0.4 is 4.74 Å². The second kappa shape index (κ2) is 7.25. The quantitative estimate of drug-likeness (QED) is 0.555. The third-order valence-corrected chi connectivity index (χ3v) is 3.66. The summed E-state index contributed by atoms with van der Waals surface area (Å²) >= 11 is 0. The molecule has 0 aliphatic carbocycles. The Morgan fingerprint density at radius 3 is 2.52 bits per heavy atom. The van der Waals surface area contributed by atoms with E-state index in [9.17, 15) is 4.39 Å². The molecule has 0 bridgehead atoms. The summed E-state index contributed by atoms with van der Waals surface area (Å²) in [6.45, 7) is 2.06. The fraction of sp³-hybridized carbons (Fsp3) is 0.222. The molecule has 3 heteroatoms. The predicted molar refractivity (Wildman–Crippen MR) is 88.0 cm³/mol. The van der Waals surface area contributed by atoms with Crippen LogP contribution in [0.25, 0.3) is 0 Å². The Hall–Kier alpha value is -1.84. The molecule has 0 saturated heterocycles. The Kier molecular flexibility index (Phi) is 5.37. The lowest BCUT2D eigenvalue weighted by atomic mass is 10.1. The van der Waals surface area contributed by atoms with Crippen molar-refractivity contribution in [2.45, 2.75) is 25.4 Å². The summed E-state index contributed by atoms with van der Waals surface area (Å²) in [7, 11) is 2.12. The molecule has 0 amide bonds. The molecule has 0 spiro atoms. The van der Waals surface area contributed by atoms with Gasteiger partial charge in [-0.25, -0.2) is 4.39 Å². The van der Waals surface area contributed by atoms with Crippen LogP contribution in [-0.4, -0.2) is 0 Å². The first kappa shape index (κ1) is 15.5. The van der Waals surface area contributed by atoms with Gasteiger partial charge in [-0.1, -0.05) is 52.4 Å². The summed E-state index contributed by atoms with van der Waals surface area (Å²) < 4.78 is 19.6. The van der Waals surface area contributed by atoms with Crippen molar-refractivity contribution in [1.82, 2.24) is 0 Å². The summed E-state index contributed by atoms with van der Waals surface area (Å²) in [6.07, 6.45) is 6.16. The van der Waals surface area contributed by atoms with Crippen LogP contribution in [0.1, 0.15) is 42.1 Å². The van der Waals surface area contributed by atoms with E-state index in [0.717, 1.165) is 12.0 Å². The van der Waals surface area contributed by atoms with Crippen LogP contribution in [0.3, 0.4) is 0 Å². The van der Waals surface area contributed by atoms with Crippen molar-refractivity contribution in [2.24, 2.45) is 0 Å². The molecule has 0 fully saturated rings. The first-order chi connectivity index (χ1) is 10.2. The van der Waals surface area contributed by atoms with Crippen LogP contribution in [0.4, 0.5) is 4.39 Å². The van der Waals surface area contributed by atoms with Crippen molar-refractivity contribution < 1.29 is 9.13 Å². The van der Waals surface area contributed by atoms with E-state index in [1.807, 2.05) is 30.3 Å². The molecule has 0 N–H and O–H groups in total. The van der Waals surface area contributed by atoms with Gasteiger partial charge < -0.3 is 4.74 Å². The molecule has 3 atom stereocenters. The Morgan fingerprint density at radius 1 is 1.24 bits per heavy atom. The molecule has 21 heavy (non-hydrogen) atoms. The molecule has 0 aliphatic heterocycles. The van der Waals surface area contributed by atoms with Gasteiger partial charge in [0.25, 0.3) is 0 Å². The van der Waals surface area contributed by atoms with Crippen LogP contribution in [0.15, 0.2) is 48.5 Å². The number of hydrogen-bond donors (Lipinski definition) is 0. The van der Waals surface area contributed by atoms with Crippen molar-refractivity contribution in [3.05, 3.63) is 65.2 Å². The summed E-state index contributed by atoms with van der Waals surface area (Å²) in [5.74, 6) is 1.93. The van der Waals surface area contributed by atoms with Crippen LogP contribution in [0, 0.1) is 12.3 Å². The van der Waals surface area contributed by atoms with Gasteiger partial charge in [-0.05, 0) is 30.2 Å². The number of hydrogen-bond acceptors (Lipinski definition) is 1. The van der Waals surface area contributed by atoms with Crippen molar-refractivity contribution in [2.75, 3.05) is 0 Å². The molecule has 0 radical (unpaired) electrons. The highest BCUT2D eigenvalue weighted by molar-refractivity contribution is 7.16. The van der Waals surface area contributed by atoms with E-state index < -0.39 is 5.91 Å². The van der Waals surface area contributed by atoms with Crippen molar-refractivity contribution in [1.29, 1.82) is 0 Å². The fourth-order valence-corrected chi connectivity index (χ4v) is 2.47. The van der Waals surface area contributed by atoms with Gasteiger partial charge in [-0.3, -0.25) is 0 Å². The summed E-state index contributed by atoms with van der Waals surface area (Å²) in [5.41, 5.74) is 2.12. The zero-order chi connectivity index (χ0) is 15.2. The maximum Gasteiger partial charge on any atom is 0.139 e. The number of ether oxygens (including phenoxy) is 1. The Labute approximate surface area is 127 Å². The van der Waals surface area contributed by atoms with Crippen molar-refractivity contribution in [3.8, 4) is 18.1 Å². The number of halogens is 1. The second-order valence-electron chi connectivity index (χ2n) is 4.72. The number of benzene rings is 2. The second-order valence-corrected chi connectivity index (χ2v) is 5.31. The van der Waals surface area contributed by atoms with Gasteiger partial charge in [0, 0.05) is 11.1 Å². The summed E-state index contributed by atoms with van der Waals surface area (Å²) in [6, 6.07) is 15.2. The van der Waals surface area contributed by atoms with Gasteiger partial charge in [0.2, 0.25) is 0 Å². The minimum atomic E-state index is -1.20. The molecule has 2 rings (SSSR count). The fourth-order valence-electron chi connectivity index (χ4n) is 2.19. The lowest BCUT2D eigenvalue weighted by Gasteiger charge is -2.19. The summed E-state index contributed by atoms with van der Waals surface area (Å²) in [5, 5.41) is 0. The minimum absolute atomic E-state index is 0.0571. The molecular formula is C18H18FOP. The largest absolute Gasteiger partial charge is 0.486 e. The SMILES string of the molecule is C#Cc1ccc(OC(CC)c2ccccc2)cc1C(F)P. The average molecular weight is 300 g/mol. The normalized spacial score (nSPS) is 13.2. The lowest BCUT2D eigenvalue weighted by molar-refractivity contribution is 0.201. The monoisotopic (exact) mass is 300 g/mol. The maximum atomic E-state index is 13.6. The summed E-state index contributed by atoms with van der Waals surface area (Å²) in [4.78, 5) is 0. The highest BCUT2D eigenvalue weighted by Gasteiger charge is 2.14. The van der Waals surface area contributed by atoms with Crippen LogP contribution >= 0.6 is 9.24 Å². The molecule has 2 aromatic carbocycles. The molecule has 1 nitrogen and oxygen atoms in total. The van der Waals surface area contributed by atoms with E-state index in [1.54, 1.807) is 18.2 Å². The number of terminal acetylenes is 1. The van der Waals surface area contributed by atoms with Crippen molar-refractivity contribution in [3.63, 3.8) is 0 Å². The van der Waals surface area contributed by atoms with E-state index in [-0.39, 0.29) is 6.10 Å². The predicted octanol–water partition coefficient (Wildman–Crippen LogP) is 5.04. The molecule has 0 heterocycles. The highest BCUT2D eigenvalue weighted by atomic mass is 31.0. The first-order valence-electron chi connectivity index (χ1n) is 6.87. The van der Waals surface area contributed by atoms with E-state index >= 15 is 0 Å². The third kappa shape index (κ3) is 3.84. The van der Waals surface area contributed by atoms with Crippen LogP contribution in [0.2, 0.25) is 0 Å². The maximum absolute atomic E-state index is 13.6. The molecule has 0 saturated carbocycles. The number of rotatable bonds is 5. The average Bonchev–Trinajstić information content (AvgIpc) is 2.53. The van der Waals surface area contributed by atoms with Gasteiger partial charge in [0.1, 0.15) is 17.8 Å². The molecule has 108 valence electrons. The van der Waals surface area contributed by atoms with Gasteiger partial charge in [-0.15, -0.1) is 6.42 Å². The van der Waals surface area contributed by atoms with E-state index in [2.05, 4.69) is 22.1 Å². The molecule has 3 unspecified atom stereocenters. The molecular weight excluding hydrogens is 282 g/mol. The Balaban J connectivity index is 2.27. The Morgan fingerprint density at radius 2 is 1.95 bits per heavy atom. The minimum Gasteiger partial charge on any atom is -0.486 e. The lowest BCUT2D eigenvalue weighted by Crippen LogP contribution is -2.06. The highest BCUT2D eigenvalue weighted by Crippen LogP contribution is 2.32. The molecule has 0 aromatic heterocycles. The Bertz CT molecular complexity index is 631. The zero-order valence-electron chi connectivity index (χ0n) is 11.9. The van der Waals surface area contributed by atoms with E-state index in [0.29, 0.717) is 16.9 Å². The first-order valence-corrected chi connectivity index (χ1v) is 7.54. The van der Waals surface area contributed by atoms with Crippen LogP contribution in [0.5, 0.6) is 5.75 Å². The third-order valence-electron chi connectivity index (χ3n) is 3.30. The zero-order valence-corrected chi connectivity index (χ0v) is 13.1.